The molecule has 96 valence electrons. The fourth-order valence-electron chi connectivity index (χ4n) is 1.91. The molecule has 1 nitrogen and oxygen atoms in total. The number of benzene rings is 1. The molecule has 18 heavy (non-hydrogen) atoms. The number of methoxy groups -OCH3 is 1. The second-order valence-corrected chi connectivity index (χ2v) is 5.78. The first-order valence-corrected chi connectivity index (χ1v) is 7.50. The third-order valence-electron chi connectivity index (χ3n) is 2.86. The van der Waals surface area contributed by atoms with Crippen LogP contribution < -0.4 is 4.74 Å². The zero-order valence-corrected chi connectivity index (χ0v) is 12.6. The Hall–Kier alpha value is -0.870. The quantitative estimate of drug-likeness (QED) is 0.722. The molecule has 0 amide bonds. The van der Waals surface area contributed by atoms with E-state index >= 15 is 0 Å². The molecule has 1 unspecified atom stereocenters. The van der Waals surface area contributed by atoms with E-state index in [2.05, 4.69) is 34.3 Å². The van der Waals surface area contributed by atoms with Crippen LogP contribution in [0.3, 0.4) is 0 Å². The van der Waals surface area contributed by atoms with Crippen molar-refractivity contribution in [2.45, 2.75) is 18.2 Å². The van der Waals surface area contributed by atoms with Gasteiger partial charge in [0.15, 0.2) is 0 Å². The number of halogens is 2. The van der Waals surface area contributed by atoms with E-state index in [-0.39, 0.29) is 10.6 Å². The lowest BCUT2D eigenvalue weighted by atomic mass is 10.1. The largest absolute Gasteiger partial charge is 0.496 e. The van der Waals surface area contributed by atoms with Gasteiger partial charge in [0.2, 0.25) is 0 Å². The SMILES string of the molecule is CCc1ccsc1C(Br)c1cc(F)ccc1OC. The molecule has 0 saturated heterocycles. The Morgan fingerprint density at radius 2 is 2.17 bits per heavy atom. The molecule has 0 bridgehead atoms. The first-order chi connectivity index (χ1) is 8.67. The van der Waals surface area contributed by atoms with Crippen molar-refractivity contribution in [2.75, 3.05) is 7.11 Å². The van der Waals surface area contributed by atoms with Crippen LogP contribution >= 0.6 is 27.3 Å². The van der Waals surface area contributed by atoms with Gasteiger partial charge in [0.25, 0.3) is 0 Å². The van der Waals surface area contributed by atoms with E-state index in [1.54, 1.807) is 24.5 Å². The van der Waals surface area contributed by atoms with Crippen molar-refractivity contribution in [1.82, 2.24) is 0 Å². The molecule has 0 saturated carbocycles. The number of hydrogen-bond donors (Lipinski definition) is 0. The van der Waals surface area contributed by atoms with Crippen molar-refractivity contribution < 1.29 is 9.13 Å². The summed E-state index contributed by atoms with van der Waals surface area (Å²) in [5.41, 5.74) is 2.11. The van der Waals surface area contributed by atoms with Crippen LogP contribution in [0.1, 0.15) is 27.8 Å². The predicted octanol–water partition coefficient (Wildman–Crippen LogP) is 4.94. The molecule has 0 N–H and O–H groups in total. The minimum atomic E-state index is -0.246. The average Bonchev–Trinajstić information content (AvgIpc) is 2.86. The number of rotatable bonds is 4. The van der Waals surface area contributed by atoms with Gasteiger partial charge in [-0.1, -0.05) is 22.9 Å². The van der Waals surface area contributed by atoms with Gasteiger partial charge in [-0.3, -0.25) is 0 Å². The third kappa shape index (κ3) is 2.59. The van der Waals surface area contributed by atoms with Gasteiger partial charge in [0.1, 0.15) is 11.6 Å². The van der Waals surface area contributed by atoms with E-state index in [9.17, 15) is 4.39 Å². The number of alkyl halides is 1. The summed E-state index contributed by atoms with van der Waals surface area (Å²) in [6.45, 7) is 2.12. The highest BCUT2D eigenvalue weighted by Gasteiger charge is 2.19. The Morgan fingerprint density at radius 1 is 1.39 bits per heavy atom. The molecule has 0 fully saturated rings. The summed E-state index contributed by atoms with van der Waals surface area (Å²) in [6.07, 6.45) is 0.971. The molecule has 0 radical (unpaired) electrons. The van der Waals surface area contributed by atoms with Crippen molar-refractivity contribution in [3.63, 3.8) is 0 Å². The summed E-state index contributed by atoms with van der Waals surface area (Å²) < 4.78 is 18.7. The van der Waals surface area contributed by atoms with Gasteiger partial charge in [-0.25, -0.2) is 4.39 Å². The number of hydrogen-bond acceptors (Lipinski definition) is 2. The van der Waals surface area contributed by atoms with E-state index in [4.69, 9.17) is 4.74 Å². The molecule has 0 aliphatic heterocycles. The molecule has 0 spiro atoms. The zero-order valence-electron chi connectivity index (χ0n) is 10.2. The summed E-state index contributed by atoms with van der Waals surface area (Å²) in [7, 11) is 1.60. The van der Waals surface area contributed by atoms with Crippen molar-refractivity contribution in [2.24, 2.45) is 0 Å². The van der Waals surface area contributed by atoms with E-state index in [0.717, 1.165) is 12.0 Å². The van der Waals surface area contributed by atoms with E-state index in [1.807, 2.05) is 0 Å². The maximum Gasteiger partial charge on any atom is 0.123 e. The Kier molecular flexibility index (Phi) is 4.40. The van der Waals surface area contributed by atoms with Crippen molar-refractivity contribution in [3.8, 4) is 5.75 Å². The van der Waals surface area contributed by atoms with Gasteiger partial charge < -0.3 is 4.74 Å². The van der Waals surface area contributed by atoms with Crippen molar-refractivity contribution in [1.29, 1.82) is 0 Å². The highest BCUT2D eigenvalue weighted by atomic mass is 79.9. The molecule has 1 atom stereocenters. The molecular formula is C14H14BrFOS. The van der Waals surface area contributed by atoms with Gasteiger partial charge in [-0.15, -0.1) is 11.3 Å². The predicted molar refractivity (Wildman–Crippen MR) is 77.4 cm³/mol. The van der Waals surface area contributed by atoms with Crippen LogP contribution in [-0.2, 0) is 6.42 Å². The summed E-state index contributed by atoms with van der Waals surface area (Å²) >= 11 is 5.33. The second-order valence-electron chi connectivity index (χ2n) is 3.91. The van der Waals surface area contributed by atoms with Crippen LogP contribution in [0.25, 0.3) is 0 Å². The van der Waals surface area contributed by atoms with Crippen LogP contribution in [0.15, 0.2) is 29.6 Å². The van der Waals surface area contributed by atoms with Crippen molar-refractivity contribution in [3.05, 3.63) is 51.5 Å². The lowest BCUT2D eigenvalue weighted by Crippen LogP contribution is -1.98. The summed E-state index contributed by atoms with van der Waals surface area (Å²) in [6, 6.07) is 6.72. The maximum atomic E-state index is 13.4. The Morgan fingerprint density at radius 3 is 2.83 bits per heavy atom. The number of aryl methyl sites for hydroxylation is 1. The minimum Gasteiger partial charge on any atom is -0.496 e. The Bertz CT molecular complexity index is 538. The average molecular weight is 329 g/mol. The monoisotopic (exact) mass is 328 g/mol. The Balaban J connectivity index is 2.45. The topological polar surface area (TPSA) is 9.23 Å². The lowest BCUT2D eigenvalue weighted by Gasteiger charge is -2.14. The smallest absolute Gasteiger partial charge is 0.123 e. The van der Waals surface area contributed by atoms with Crippen molar-refractivity contribution >= 4 is 27.3 Å². The molecule has 1 aromatic carbocycles. The molecule has 1 heterocycles. The highest BCUT2D eigenvalue weighted by Crippen LogP contribution is 2.40. The van der Waals surface area contributed by atoms with Gasteiger partial charge in [-0.05, 0) is 41.6 Å². The van der Waals surface area contributed by atoms with Crippen LogP contribution in [0.5, 0.6) is 5.75 Å². The number of thiophene rings is 1. The van der Waals surface area contributed by atoms with Gasteiger partial charge in [-0.2, -0.15) is 0 Å². The molecule has 0 aliphatic rings. The molecule has 1 aromatic heterocycles. The zero-order chi connectivity index (χ0) is 13.1. The normalized spacial score (nSPS) is 12.4. The summed E-state index contributed by atoms with van der Waals surface area (Å²) in [4.78, 5) is 1.18. The molecule has 4 heteroatoms. The van der Waals surface area contributed by atoms with Gasteiger partial charge in [0, 0.05) is 10.4 Å². The van der Waals surface area contributed by atoms with Crippen LogP contribution in [0.4, 0.5) is 4.39 Å². The maximum absolute atomic E-state index is 13.4. The molecular weight excluding hydrogens is 315 g/mol. The first kappa shape index (κ1) is 13.6. The van der Waals surface area contributed by atoms with E-state index < -0.39 is 0 Å². The van der Waals surface area contributed by atoms with E-state index in [0.29, 0.717) is 5.75 Å². The highest BCUT2D eigenvalue weighted by molar-refractivity contribution is 9.09. The van der Waals surface area contributed by atoms with Crippen LogP contribution in [-0.4, -0.2) is 7.11 Å². The Labute approximate surface area is 119 Å². The fourth-order valence-corrected chi connectivity index (χ4v) is 3.87. The van der Waals surface area contributed by atoms with Crippen LogP contribution in [0, 0.1) is 5.82 Å². The van der Waals surface area contributed by atoms with Gasteiger partial charge >= 0.3 is 0 Å². The summed E-state index contributed by atoms with van der Waals surface area (Å²) in [5.74, 6) is 0.457. The first-order valence-electron chi connectivity index (χ1n) is 5.71. The second kappa shape index (κ2) is 5.85. The standard InChI is InChI=1S/C14H14BrFOS/c1-3-9-6-7-18-14(9)13(15)11-8-10(16)4-5-12(11)17-2/h4-8,13H,3H2,1-2H3. The number of ether oxygens (including phenoxy) is 1. The van der Waals surface area contributed by atoms with E-state index in [1.165, 1.54) is 22.6 Å². The minimum absolute atomic E-state index is 0.0295. The molecule has 2 rings (SSSR count). The summed E-state index contributed by atoms with van der Waals surface area (Å²) in [5, 5.41) is 2.06. The molecule has 0 aliphatic carbocycles. The fraction of sp³-hybridized carbons (Fsp3) is 0.286. The van der Waals surface area contributed by atoms with Gasteiger partial charge in [0.05, 0.1) is 11.9 Å². The van der Waals surface area contributed by atoms with Crippen LogP contribution in [0.2, 0.25) is 0 Å². The molecule has 2 aromatic rings. The lowest BCUT2D eigenvalue weighted by molar-refractivity contribution is 0.409. The third-order valence-corrected chi connectivity index (χ3v) is 5.13.